The van der Waals surface area contributed by atoms with Crippen LogP contribution in [0.3, 0.4) is 0 Å². The van der Waals surface area contributed by atoms with Crippen LogP contribution in [0.2, 0.25) is 5.02 Å². The van der Waals surface area contributed by atoms with Crippen LogP contribution in [0.4, 0.5) is 4.39 Å². The minimum absolute atomic E-state index is 0.0997. The minimum Gasteiger partial charge on any atom is -0.469 e. The van der Waals surface area contributed by atoms with Crippen LogP contribution < -0.4 is 5.32 Å². The van der Waals surface area contributed by atoms with Crippen molar-refractivity contribution in [1.82, 2.24) is 5.32 Å². The van der Waals surface area contributed by atoms with Gasteiger partial charge in [0.2, 0.25) is 0 Å². The molecule has 5 heteroatoms. The fourth-order valence-electron chi connectivity index (χ4n) is 1.79. The molecule has 1 N–H and O–H groups in total. The van der Waals surface area contributed by atoms with Gasteiger partial charge in [-0.1, -0.05) is 17.7 Å². The van der Waals surface area contributed by atoms with Crippen LogP contribution in [0.5, 0.6) is 0 Å². The van der Waals surface area contributed by atoms with Gasteiger partial charge in [0.15, 0.2) is 0 Å². The summed E-state index contributed by atoms with van der Waals surface area (Å²) in [4.78, 5) is 12.0. The van der Waals surface area contributed by atoms with E-state index in [2.05, 4.69) is 5.32 Å². The summed E-state index contributed by atoms with van der Waals surface area (Å²) in [5, 5.41) is 2.79. The van der Waals surface area contributed by atoms with Gasteiger partial charge in [-0.05, 0) is 31.2 Å². The van der Waals surface area contributed by atoms with Crippen molar-refractivity contribution in [3.8, 4) is 0 Å². The number of hydrogen-bond acceptors (Lipinski definition) is 2. The summed E-state index contributed by atoms with van der Waals surface area (Å²) in [7, 11) is 0. The average Bonchev–Trinajstić information content (AvgIpc) is 2.81. The Balaban J connectivity index is 2.04. The molecule has 19 heavy (non-hydrogen) atoms. The number of nitrogens with one attached hydrogen (secondary N) is 1. The molecule has 0 aliphatic heterocycles. The number of amides is 1. The van der Waals surface area contributed by atoms with Crippen LogP contribution in [0.25, 0.3) is 0 Å². The molecule has 3 nitrogen and oxygen atoms in total. The molecule has 0 saturated carbocycles. The molecule has 1 aromatic heterocycles. The highest BCUT2D eigenvalue weighted by atomic mass is 35.5. The SMILES string of the molecule is C[C@@H](Cc1ccco1)NC(=O)c1c(F)cccc1Cl. The molecule has 0 bridgehead atoms. The number of halogens is 2. The molecule has 0 unspecified atom stereocenters. The zero-order valence-electron chi connectivity index (χ0n) is 10.3. The summed E-state index contributed by atoms with van der Waals surface area (Å²) < 4.78 is 18.8. The second-order valence-electron chi connectivity index (χ2n) is 4.25. The Morgan fingerprint density at radius 2 is 2.21 bits per heavy atom. The van der Waals surface area contributed by atoms with Crippen molar-refractivity contribution in [2.45, 2.75) is 19.4 Å². The number of rotatable bonds is 4. The van der Waals surface area contributed by atoms with Crippen molar-refractivity contribution in [2.24, 2.45) is 0 Å². The molecular weight excluding hydrogens is 269 g/mol. The predicted molar refractivity (Wildman–Crippen MR) is 70.8 cm³/mol. The Hall–Kier alpha value is -1.81. The molecule has 1 amide bonds. The van der Waals surface area contributed by atoms with Crippen LogP contribution in [0.1, 0.15) is 23.0 Å². The Kier molecular flexibility index (Phi) is 4.22. The van der Waals surface area contributed by atoms with Gasteiger partial charge in [-0.3, -0.25) is 4.79 Å². The van der Waals surface area contributed by atoms with E-state index in [9.17, 15) is 9.18 Å². The van der Waals surface area contributed by atoms with Crippen LogP contribution in [-0.2, 0) is 6.42 Å². The molecule has 1 aromatic carbocycles. The van der Waals surface area contributed by atoms with Crippen molar-refractivity contribution in [3.63, 3.8) is 0 Å². The van der Waals surface area contributed by atoms with Gasteiger partial charge in [0, 0.05) is 12.5 Å². The smallest absolute Gasteiger partial charge is 0.256 e. The number of benzene rings is 1. The lowest BCUT2D eigenvalue weighted by Crippen LogP contribution is -2.34. The number of carbonyl (C=O) groups excluding carboxylic acids is 1. The van der Waals surface area contributed by atoms with E-state index < -0.39 is 11.7 Å². The largest absolute Gasteiger partial charge is 0.469 e. The molecule has 0 radical (unpaired) electrons. The monoisotopic (exact) mass is 281 g/mol. The van der Waals surface area contributed by atoms with Crippen molar-refractivity contribution >= 4 is 17.5 Å². The topological polar surface area (TPSA) is 42.2 Å². The first-order valence-electron chi connectivity index (χ1n) is 5.85. The van der Waals surface area contributed by atoms with E-state index >= 15 is 0 Å². The molecule has 100 valence electrons. The van der Waals surface area contributed by atoms with Crippen molar-refractivity contribution in [1.29, 1.82) is 0 Å². The average molecular weight is 282 g/mol. The van der Waals surface area contributed by atoms with E-state index in [0.717, 1.165) is 5.76 Å². The van der Waals surface area contributed by atoms with Gasteiger partial charge in [0.25, 0.3) is 5.91 Å². The standard InChI is InChI=1S/C14H13ClFNO2/c1-9(8-10-4-3-7-19-10)17-14(18)13-11(15)5-2-6-12(13)16/h2-7,9H,8H2,1H3,(H,17,18)/t9-/m0/s1. The molecule has 0 fully saturated rings. The highest BCUT2D eigenvalue weighted by Crippen LogP contribution is 2.19. The van der Waals surface area contributed by atoms with E-state index in [1.165, 1.54) is 18.2 Å². The fourth-order valence-corrected chi connectivity index (χ4v) is 2.04. The van der Waals surface area contributed by atoms with Crippen molar-refractivity contribution in [2.75, 3.05) is 0 Å². The van der Waals surface area contributed by atoms with Gasteiger partial charge in [-0.15, -0.1) is 0 Å². The summed E-state index contributed by atoms with van der Waals surface area (Å²) in [5.74, 6) is -0.398. The molecule has 1 atom stereocenters. The highest BCUT2D eigenvalue weighted by molar-refractivity contribution is 6.33. The second-order valence-corrected chi connectivity index (χ2v) is 4.66. The van der Waals surface area contributed by atoms with Crippen LogP contribution in [0, 0.1) is 5.82 Å². The third-order valence-electron chi connectivity index (χ3n) is 2.65. The normalized spacial score (nSPS) is 12.2. The Morgan fingerprint density at radius 3 is 2.84 bits per heavy atom. The summed E-state index contributed by atoms with van der Waals surface area (Å²) in [6.07, 6.45) is 2.10. The molecule has 1 heterocycles. The van der Waals surface area contributed by atoms with E-state index in [1.54, 1.807) is 12.3 Å². The van der Waals surface area contributed by atoms with E-state index in [4.69, 9.17) is 16.0 Å². The van der Waals surface area contributed by atoms with Crippen LogP contribution in [-0.4, -0.2) is 11.9 Å². The number of furan rings is 1. The lowest BCUT2D eigenvalue weighted by Gasteiger charge is -2.13. The summed E-state index contributed by atoms with van der Waals surface area (Å²) in [5.41, 5.74) is -0.129. The van der Waals surface area contributed by atoms with Gasteiger partial charge in [-0.25, -0.2) is 4.39 Å². The first-order valence-corrected chi connectivity index (χ1v) is 6.23. The van der Waals surface area contributed by atoms with E-state index in [-0.39, 0.29) is 16.6 Å². The Bertz CT molecular complexity index is 549. The zero-order valence-corrected chi connectivity index (χ0v) is 11.1. The molecule has 0 aliphatic rings. The molecule has 0 saturated heterocycles. The lowest BCUT2D eigenvalue weighted by atomic mass is 10.1. The Labute approximate surface area is 115 Å². The summed E-state index contributed by atoms with van der Waals surface area (Å²) in [6.45, 7) is 1.81. The van der Waals surface area contributed by atoms with E-state index in [1.807, 2.05) is 13.0 Å². The molecule has 0 spiro atoms. The Morgan fingerprint density at radius 1 is 1.42 bits per heavy atom. The van der Waals surface area contributed by atoms with Gasteiger partial charge in [-0.2, -0.15) is 0 Å². The quantitative estimate of drug-likeness (QED) is 0.933. The molecule has 0 aliphatic carbocycles. The second kappa shape index (κ2) is 5.89. The third-order valence-corrected chi connectivity index (χ3v) is 2.97. The molecule has 2 rings (SSSR count). The van der Waals surface area contributed by atoms with Gasteiger partial charge < -0.3 is 9.73 Å². The number of hydrogen-bond donors (Lipinski definition) is 1. The van der Waals surface area contributed by atoms with Crippen LogP contribution in [0.15, 0.2) is 41.0 Å². The lowest BCUT2D eigenvalue weighted by molar-refractivity contribution is 0.0935. The first-order chi connectivity index (χ1) is 9.08. The van der Waals surface area contributed by atoms with Gasteiger partial charge in [0.1, 0.15) is 11.6 Å². The maximum absolute atomic E-state index is 13.6. The first kappa shape index (κ1) is 13.6. The third kappa shape index (κ3) is 3.35. The van der Waals surface area contributed by atoms with E-state index in [0.29, 0.717) is 6.42 Å². The van der Waals surface area contributed by atoms with Crippen molar-refractivity contribution < 1.29 is 13.6 Å². The molecule has 2 aromatic rings. The zero-order chi connectivity index (χ0) is 13.8. The maximum Gasteiger partial charge on any atom is 0.256 e. The maximum atomic E-state index is 13.6. The van der Waals surface area contributed by atoms with Crippen molar-refractivity contribution in [3.05, 3.63) is 58.8 Å². The van der Waals surface area contributed by atoms with Gasteiger partial charge in [0.05, 0.1) is 16.8 Å². The van der Waals surface area contributed by atoms with Crippen LogP contribution >= 0.6 is 11.6 Å². The summed E-state index contributed by atoms with van der Waals surface area (Å²) in [6, 6.07) is 7.56. The predicted octanol–water partition coefficient (Wildman–Crippen LogP) is 3.43. The fraction of sp³-hybridized carbons (Fsp3) is 0.214. The highest BCUT2D eigenvalue weighted by Gasteiger charge is 2.17. The number of carbonyl (C=O) groups is 1. The van der Waals surface area contributed by atoms with Gasteiger partial charge >= 0.3 is 0 Å². The summed E-state index contributed by atoms with van der Waals surface area (Å²) >= 11 is 5.83. The molecular formula is C14H13ClFNO2. The minimum atomic E-state index is -0.629.